The summed E-state index contributed by atoms with van der Waals surface area (Å²) < 4.78 is 6.47. The third kappa shape index (κ3) is 5.69. The maximum absolute atomic E-state index is 12.4. The van der Waals surface area contributed by atoms with Crippen molar-refractivity contribution >= 4 is 20.0 Å². The van der Waals surface area contributed by atoms with Crippen molar-refractivity contribution < 1.29 is 18.9 Å². The van der Waals surface area contributed by atoms with Crippen LogP contribution in [0.15, 0.2) is 0 Å². The van der Waals surface area contributed by atoms with Gasteiger partial charge in [0.25, 0.3) is 0 Å². The number of nitrogens with zero attached hydrogens (tertiary/aromatic N) is 1. The molecular formula is C17H35NO4Si. The Labute approximate surface area is 142 Å². The van der Waals surface area contributed by atoms with Crippen molar-refractivity contribution in [2.75, 3.05) is 14.2 Å². The Bertz CT molecular complexity index is 427. The number of hydrogen-bond acceptors (Lipinski definition) is 4. The van der Waals surface area contributed by atoms with Crippen LogP contribution in [0.5, 0.6) is 0 Å². The minimum absolute atomic E-state index is 0.00674. The van der Waals surface area contributed by atoms with Gasteiger partial charge >= 0.3 is 0 Å². The van der Waals surface area contributed by atoms with Gasteiger partial charge < -0.3 is 4.43 Å². The molecule has 0 heterocycles. The Hall–Kier alpha value is -0.723. The van der Waals surface area contributed by atoms with E-state index in [4.69, 9.17) is 9.26 Å². The molecule has 6 heteroatoms. The second-order valence-corrected chi connectivity index (χ2v) is 12.9. The molecular weight excluding hydrogens is 310 g/mol. The Balaban J connectivity index is 5.56. The van der Waals surface area contributed by atoms with Gasteiger partial charge in [-0.2, -0.15) is 0 Å². The summed E-state index contributed by atoms with van der Waals surface area (Å²) >= 11 is 0. The van der Waals surface area contributed by atoms with Crippen molar-refractivity contribution in [3.05, 3.63) is 0 Å². The number of hydroxylamine groups is 2. The summed E-state index contributed by atoms with van der Waals surface area (Å²) in [7, 11) is 0.906. The third-order valence-electron chi connectivity index (χ3n) is 5.07. The van der Waals surface area contributed by atoms with Crippen molar-refractivity contribution in [3.8, 4) is 0 Å². The molecule has 0 saturated heterocycles. The molecule has 1 amide bonds. The fourth-order valence-electron chi connectivity index (χ4n) is 2.00. The summed E-state index contributed by atoms with van der Waals surface area (Å²) in [5, 5.41) is 1.20. The van der Waals surface area contributed by atoms with Crippen LogP contribution in [0.25, 0.3) is 0 Å². The molecule has 0 aromatic heterocycles. The summed E-state index contributed by atoms with van der Waals surface area (Å²) in [6, 6.07) is 0. The van der Waals surface area contributed by atoms with Crippen LogP contribution >= 0.6 is 0 Å². The number of Topliss-reactive ketones (excluding diaryl/α,β-unsaturated/α-hetero) is 1. The highest BCUT2D eigenvalue weighted by Gasteiger charge is 2.45. The molecule has 0 aliphatic heterocycles. The second kappa shape index (κ2) is 7.90. The van der Waals surface area contributed by atoms with Crippen LogP contribution in [0.4, 0.5) is 0 Å². The molecule has 5 nitrogen and oxygen atoms in total. The fourth-order valence-corrected chi connectivity index (χ4v) is 3.44. The second-order valence-electron chi connectivity index (χ2n) is 8.14. The minimum atomic E-state index is -2.11. The number of hydrogen-bond donors (Lipinski definition) is 0. The van der Waals surface area contributed by atoms with Crippen LogP contribution in [0.3, 0.4) is 0 Å². The maximum Gasteiger partial charge on any atom is 0.248 e. The predicted octanol–water partition coefficient (Wildman–Crippen LogP) is 3.79. The molecule has 0 fully saturated rings. The smallest absolute Gasteiger partial charge is 0.248 e. The van der Waals surface area contributed by atoms with Crippen LogP contribution in [0, 0.1) is 5.41 Å². The van der Waals surface area contributed by atoms with Gasteiger partial charge in [-0.3, -0.25) is 14.4 Å². The van der Waals surface area contributed by atoms with Crippen LogP contribution in [-0.2, 0) is 18.9 Å². The van der Waals surface area contributed by atoms with E-state index in [0.29, 0.717) is 6.42 Å². The molecule has 0 spiro atoms. The van der Waals surface area contributed by atoms with E-state index in [0.717, 1.165) is 0 Å². The summed E-state index contributed by atoms with van der Waals surface area (Å²) in [6.45, 7) is 16.3. The average Bonchev–Trinajstić information content (AvgIpc) is 2.42. The summed E-state index contributed by atoms with van der Waals surface area (Å²) in [4.78, 5) is 29.7. The van der Waals surface area contributed by atoms with Gasteiger partial charge in [0.2, 0.25) is 5.91 Å². The Morgan fingerprint density at radius 3 is 1.96 bits per heavy atom. The molecule has 1 unspecified atom stereocenters. The zero-order chi connectivity index (χ0) is 18.6. The lowest BCUT2D eigenvalue weighted by atomic mass is 9.79. The van der Waals surface area contributed by atoms with Crippen LogP contribution in [-0.4, -0.2) is 45.3 Å². The van der Waals surface area contributed by atoms with Crippen LogP contribution < -0.4 is 0 Å². The van der Waals surface area contributed by atoms with E-state index in [1.165, 1.54) is 12.2 Å². The molecule has 1 atom stereocenters. The number of carbonyl (C=O) groups is 2. The maximum atomic E-state index is 12.4. The third-order valence-corrected chi connectivity index (χ3v) is 9.56. The van der Waals surface area contributed by atoms with E-state index in [1.54, 1.807) is 7.05 Å². The van der Waals surface area contributed by atoms with Gasteiger partial charge in [-0.05, 0) is 18.1 Å². The number of rotatable bonds is 8. The van der Waals surface area contributed by atoms with Crippen molar-refractivity contribution in [3.63, 3.8) is 0 Å². The molecule has 0 aliphatic rings. The Kier molecular flexibility index (Phi) is 7.65. The van der Waals surface area contributed by atoms with E-state index in [2.05, 4.69) is 33.9 Å². The van der Waals surface area contributed by atoms with Crippen molar-refractivity contribution in [1.82, 2.24) is 5.06 Å². The topological polar surface area (TPSA) is 55.8 Å². The van der Waals surface area contributed by atoms with E-state index in [1.807, 2.05) is 20.8 Å². The molecule has 0 bridgehead atoms. The molecule has 0 radical (unpaired) electrons. The van der Waals surface area contributed by atoms with Gasteiger partial charge in [0.05, 0.1) is 19.6 Å². The van der Waals surface area contributed by atoms with E-state index in [9.17, 15) is 9.59 Å². The number of amides is 1. The first kappa shape index (κ1) is 22.3. The quantitative estimate of drug-likeness (QED) is 0.496. The van der Waals surface area contributed by atoms with Crippen LogP contribution in [0.1, 0.15) is 54.4 Å². The monoisotopic (exact) mass is 345 g/mol. The lowest BCUT2D eigenvalue weighted by molar-refractivity contribution is -0.172. The molecule has 0 N–H and O–H groups in total. The highest BCUT2D eigenvalue weighted by molar-refractivity contribution is 6.74. The Morgan fingerprint density at radius 2 is 1.61 bits per heavy atom. The first-order valence-electron chi connectivity index (χ1n) is 8.22. The fraction of sp³-hybridized carbons (Fsp3) is 0.882. The van der Waals surface area contributed by atoms with E-state index < -0.39 is 19.8 Å². The predicted molar refractivity (Wildman–Crippen MR) is 95.5 cm³/mol. The average molecular weight is 346 g/mol. The number of carbonyl (C=O) groups excluding carboxylic acids is 2. The van der Waals surface area contributed by atoms with Crippen molar-refractivity contribution in [2.24, 2.45) is 5.41 Å². The van der Waals surface area contributed by atoms with E-state index >= 15 is 0 Å². The first-order chi connectivity index (χ1) is 10.2. The van der Waals surface area contributed by atoms with Crippen molar-refractivity contribution in [2.45, 2.75) is 78.6 Å². The SMILES string of the molecule is CCC(=O)C(C)(C)C(CC(=O)N(C)OC)O[Si](C)(C)C(C)(C)C. The minimum Gasteiger partial charge on any atom is -0.412 e. The largest absolute Gasteiger partial charge is 0.412 e. The molecule has 0 aliphatic carbocycles. The summed E-state index contributed by atoms with van der Waals surface area (Å²) in [5.74, 6) is -0.0812. The highest BCUT2D eigenvalue weighted by Crippen LogP contribution is 2.41. The molecule has 0 aromatic carbocycles. The normalized spacial score (nSPS) is 14.5. The molecule has 0 aromatic rings. The van der Waals surface area contributed by atoms with Crippen LogP contribution in [0.2, 0.25) is 18.1 Å². The first-order valence-corrected chi connectivity index (χ1v) is 11.1. The Morgan fingerprint density at radius 1 is 1.13 bits per heavy atom. The van der Waals surface area contributed by atoms with Gasteiger partial charge in [0.15, 0.2) is 8.32 Å². The van der Waals surface area contributed by atoms with Crippen molar-refractivity contribution in [1.29, 1.82) is 0 Å². The molecule has 0 saturated carbocycles. The zero-order valence-electron chi connectivity index (χ0n) is 16.6. The van der Waals surface area contributed by atoms with Gasteiger partial charge in [-0.1, -0.05) is 41.5 Å². The summed E-state index contributed by atoms with van der Waals surface area (Å²) in [6.07, 6.45) is 0.106. The standard InChI is InChI=1S/C17H35NO4Si/c1-11-13(19)17(5,6)14(12-15(20)18(7)21-8)22-23(9,10)16(2,3)4/h14H,11-12H2,1-10H3. The lowest BCUT2D eigenvalue weighted by Gasteiger charge is -2.43. The van der Waals surface area contributed by atoms with Gasteiger partial charge in [0, 0.05) is 18.9 Å². The van der Waals surface area contributed by atoms with Gasteiger partial charge in [-0.25, -0.2) is 5.06 Å². The van der Waals surface area contributed by atoms with Gasteiger partial charge in [-0.15, -0.1) is 0 Å². The highest BCUT2D eigenvalue weighted by atomic mass is 28.4. The zero-order valence-corrected chi connectivity index (χ0v) is 17.6. The molecule has 136 valence electrons. The lowest BCUT2D eigenvalue weighted by Crippen LogP contribution is -2.51. The number of ketones is 1. The van der Waals surface area contributed by atoms with Gasteiger partial charge in [0.1, 0.15) is 5.78 Å². The van der Waals surface area contributed by atoms with E-state index in [-0.39, 0.29) is 23.1 Å². The summed E-state index contributed by atoms with van der Waals surface area (Å²) in [5.41, 5.74) is -0.714. The molecule has 0 rings (SSSR count). The molecule has 23 heavy (non-hydrogen) atoms.